The van der Waals surface area contributed by atoms with Gasteiger partial charge in [-0.1, -0.05) is 11.6 Å². The van der Waals surface area contributed by atoms with Crippen LogP contribution in [-0.4, -0.2) is 39.8 Å². The number of pyridine rings is 1. The SMILES string of the molecule is Cc1cc(C)nc(N2CS(=O)C[C@@H]2C(=O)N(C)c2cc(Cl)c(F)cc2F)c1. The van der Waals surface area contributed by atoms with Crippen molar-refractivity contribution in [2.24, 2.45) is 0 Å². The van der Waals surface area contributed by atoms with Gasteiger partial charge in [-0.05, 0) is 37.6 Å². The fourth-order valence-corrected chi connectivity index (χ4v) is 4.63. The van der Waals surface area contributed by atoms with E-state index in [-0.39, 0.29) is 22.3 Å². The van der Waals surface area contributed by atoms with E-state index < -0.39 is 34.4 Å². The summed E-state index contributed by atoms with van der Waals surface area (Å²) in [6.45, 7) is 3.74. The summed E-state index contributed by atoms with van der Waals surface area (Å²) in [5, 5.41) is -0.283. The molecule has 2 atom stereocenters. The van der Waals surface area contributed by atoms with E-state index in [0.717, 1.165) is 22.2 Å². The minimum absolute atomic E-state index is 0.106. The quantitative estimate of drug-likeness (QED) is 0.725. The van der Waals surface area contributed by atoms with E-state index in [1.165, 1.54) is 7.05 Å². The van der Waals surface area contributed by atoms with E-state index in [1.54, 1.807) is 4.90 Å². The Morgan fingerprint density at radius 3 is 2.63 bits per heavy atom. The zero-order chi connectivity index (χ0) is 19.9. The van der Waals surface area contributed by atoms with Gasteiger partial charge in [-0.25, -0.2) is 13.8 Å². The number of carbonyl (C=O) groups is 1. The third-order valence-corrected chi connectivity index (χ3v) is 5.89. The lowest BCUT2D eigenvalue weighted by Crippen LogP contribution is -2.46. The number of amides is 1. The summed E-state index contributed by atoms with van der Waals surface area (Å²) in [6.07, 6.45) is 0. The second kappa shape index (κ2) is 7.52. The topological polar surface area (TPSA) is 53.5 Å². The molecule has 1 fully saturated rings. The number of anilines is 2. The van der Waals surface area contributed by atoms with Crippen molar-refractivity contribution < 1.29 is 17.8 Å². The zero-order valence-corrected chi connectivity index (χ0v) is 16.6. The van der Waals surface area contributed by atoms with Crippen LogP contribution >= 0.6 is 11.6 Å². The van der Waals surface area contributed by atoms with Crippen LogP contribution in [-0.2, 0) is 15.6 Å². The smallest absolute Gasteiger partial charge is 0.250 e. The van der Waals surface area contributed by atoms with Crippen LogP contribution in [0.5, 0.6) is 0 Å². The number of hydrogen-bond donors (Lipinski definition) is 0. The summed E-state index contributed by atoms with van der Waals surface area (Å²) in [5.41, 5.74) is 1.60. The van der Waals surface area contributed by atoms with Crippen LogP contribution in [0.2, 0.25) is 5.02 Å². The fourth-order valence-electron chi connectivity index (χ4n) is 3.07. The molecule has 1 aromatic heterocycles. The molecule has 0 aliphatic carbocycles. The average Bonchev–Trinajstić information content (AvgIpc) is 2.98. The minimum atomic E-state index is -1.25. The van der Waals surface area contributed by atoms with E-state index >= 15 is 0 Å². The highest BCUT2D eigenvalue weighted by atomic mass is 35.5. The summed E-state index contributed by atoms with van der Waals surface area (Å²) in [4.78, 5) is 20.2. The molecule has 9 heteroatoms. The molecule has 0 bridgehead atoms. The molecule has 1 amide bonds. The standard InChI is InChI=1S/C18H18ClF2N3O2S/c1-10-4-11(2)22-17(5-10)24-9-27(26)8-16(24)18(25)23(3)15-6-12(19)13(20)7-14(15)21/h4-7,16H,8-9H2,1-3H3/t16-,27?/m1/s1. The Balaban J connectivity index is 1.94. The van der Waals surface area contributed by atoms with Gasteiger partial charge in [0.1, 0.15) is 23.5 Å². The van der Waals surface area contributed by atoms with Crippen molar-refractivity contribution in [2.45, 2.75) is 19.9 Å². The highest BCUT2D eigenvalue weighted by Gasteiger charge is 2.38. The molecule has 2 aromatic rings. The number of halogens is 3. The van der Waals surface area contributed by atoms with Crippen LogP contribution < -0.4 is 9.80 Å². The Morgan fingerprint density at radius 2 is 1.96 bits per heavy atom. The molecule has 1 aliphatic rings. The second-order valence-electron chi connectivity index (χ2n) is 6.48. The molecule has 0 spiro atoms. The maximum atomic E-state index is 14.2. The average molecular weight is 414 g/mol. The number of aromatic nitrogens is 1. The highest BCUT2D eigenvalue weighted by Crippen LogP contribution is 2.29. The Bertz CT molecular complexity index is 921. The van der Waals surface area contributed by atoms with E-state index in [0.29, 0.717) is 11.9 Å². The fraction of sp³-hybridized carbons (Fsp3) is 0.333. The molecule has 1 unspecified atom stereocenters. The zero-order valence-electron chi connectivity index (χ0n) is 15.0. The molecule has 3 rings (SSSR count). The van der Waals surface area contributed by atoms with Gasteiger partial charge >= 0.3 is 0 Å². The van der Waals surface area contributed by atoms with E-state index in [9.17, 15) is 17.8 Å². The molecular formula is C18H18ClF2N3O2S. The van der Waals surface area contributed by atoms with E-state index in [2.05, 4.69) is 4.98 Å². The Morgan fingerprint density at radius 1 is 1.26 bits per heavy atom. The summed E-state index contributed by atoms with van der Waals surface area (Å²) >= 11 is 5.73. The first kappa shape index (κ1) is 19.7. The van der Waals surface area contributed by atoms with Crippen molar-refractivity contribution in [1.82, 2.24) is 4.98 Å². The van der Waals surface area contributed by atoms with Gasteiger partial charge in [0.2, 0.25) is 0 Å². The van der Waals surface area contributed by atoms with Crippen LogP contribution in [0.3, 0.4) is 0 Å². The van der Waals surface area contributed by atoms with Crippen molar-refractivity contribution in [3.05, 3.63) is 52.2 Å². The molecule has 1 aliphatic heterocycles. The van der Waals surface area contributed by atoms with E-state index in [1.807, 2.05) is 26.0 Å². The van der Waals surface area contributed by atoms with Crippen LogP contribution in [0.15, 0.2) is 24.3 Å². The van der Waals surface area contributed by atoms with Gasteiger partial charge in [0.25, 0.3) is 5.91 Å². The third kappa shape index (κ3) is 3.96. The largest absolute Gasteiger partial charge is 0.332 e. The lowest BCUT2D eigenvalue weighted by Gasteiger charge is -2.28. The molecule has 1 saturated heterocycles. The molecule has 5 nitrogen and oxygen atoms in total. The first-order valence-corrected chi connectivity index (χ1v) is 10.0. The summed E-state index contributed by atoms with van der Waals surface area (Å²) in [5.74, 6) is -1.46. The van der Waals surface area contributed by atoms with Crippen molar-refractivity contribution in [3.8, 4) is 0 Å². The van der Waals surface area contributed by atoms with Crippen LogP contribution in [0.1, 0.15) is 11.3 Å². The maximum Gasteiger partial charge on any atom is 0.250 e. The number of likely N-dealkylation sites (N-methyl/N-ethyl adjacent to an activating group) is 1. The number of hydrogen-bond acceptors (Lipinski definition) is 4. The lowest BCUT2D eigenvalue weighted by molar-refractivity contribution is -0.119. The highest BCUT2D eigenvalue weighted by molar-refractivity contribution is 7.85. The first-order valence-electron chi connectivity index (χ1n) is 8.16. The van der Waals surface area contributed by atoms with Gasteiger partial charge in [-0.15, -0.1) is 0 Å². The normalized spacial score (nSPS) is 19.4. The number of aryl methyl sites for hydroxylation is 2. The van der Waals surface area contributed by atoms with Crippen LogP contribution in [0, 0.1) is 25.5 Å². The summed E-state index contributed by atoms with van der Waals surface area (Å²) in [6, 6.07) is 4.64. The van der Waals surface area contributed by atoms with Crippen molar-refractivity contribution in [3.63, 3.8) is 0 Å². The molecule has 2 heterocycles. The number of benzene rings is 1. The van der Waals surface area contributed by atoms with Gasteiger partial charge in [0, 0.05) is 29.6 Å². The summed E-state index contributed by atoms with van der Waals surface area (Å²) in [7, 11) is 0.133. The predicted octanol–water partition coefficient (Wildman–Crippen LogP) is 3.19. The molecule has 27 heavy (non-hydrogen) atoms. The van der Waals surface area contributed by atoms with Gasteiger partial charge in [0.05, 0.1) is 22.3 Å². The Hall–Kier alpha value is -2.06. The molecular weight excluding hydrogens is 396 g/mol. The monoisotopic (exact) mass is 413 g/mol. The maximum absolute atomic E-state index is 14.2. The van der Waals surface area contributed by atoms with Gasteiger partial charge in [-0.3, -0.25) is 9.00 Å². The lowest BCUT2D eigenvalue weighted by atomic mass is 10.2. The van der Waals surface area contributed by atoms with Gasteiger partial charge in [0.15, 0.2) is 0 Å². The van der Waals surface area contributed by atoms with Gasteiger partial charge < -0.3 is 9.80 Å². The summed E-state index contributed by atoms with van der Waals surface area (Å²) < 4.78 is 39.7. The molecule has 0 N–H and O–H groups in total. The number of carbonyl (C=O) groups excluding carboxylic acids is 1. The van der Waals surface area contributed by atoms with Crippen LogP contribution in [0.25, 0.3) is 0 Å². The molecule has 0 saturated carbocycles. The predicted molar refractivity (Wildman–Crippen MR) is 103 cm³/mol. The van der Waals surface area contributed by atoms with Gasteiger partial charge in [-0.2, -0.15) is 0 Å². The second-order valence-corrected chi connectivity index (χ2v) is 8.36. The third-order valence-electron chi connectivity index (χ3n) is 4.35. The van der Waals surface area contributed by atoms with Crippen molar-refractivity contribution >= 4 is 39.8 Å². The van der Waals surface area contributed by atoms with E-state index in [4.69, 9.17) is 11.6 Å². The minimum Gasteiger partial charge on any atom is -0.332 e. The Labute approximate surface area is 163 Å². The van der Waals surface area contributed by atoms with Crippen molar-refractivity contribution in [1.29, 1.82) is 0 Å². The molecule has 0 radical (unpaired) electrons. The first-order chi connectivity index (χ1) is 12.7. The molecule has 1 aromatic carbocycles. The molecule has 144 valence electrons. The van der Waals surface area contributed by atoms with Crippen LogP contribution in [0.4, 0.5) is 20.3 Å². The van der Waals surface area contributed by atoms with Crippen molar-refractivity contribution in [2.75, 3.05) is 28.5 Å². The Kier molecular flexibility index (Phi) is 5.48. The number of rotatable bonds is 3. The number of nitrogens with zero attached hydrogens (tertiary/aromatic N) is 3.